The Labute approximate surface area is 194 Å². The van der Waals surface area contributed by atoms with Gasteiger partial charge in [0.25, 0.3) is 11.8 Å². The number of hydrazone groups is 1. The molecule has 166 valence electrons. The smallest absolute Gasteiger partial charge is 0.259 e. The van der Waals surface area contributed by atoms with Gasteiger partial charge >= 0.3 is 0 Å². The van der Waals surface area contributed by atoms with Crippen LogP contribution in [-0.4, -0.2) is 41.5 Å². The van der Waals surface area contributed by atoms with Gasteiger partial charge in [-0.15, -0.1) is 0 Å². The molecule has 0 bridgehead atoms. The molecule has 1 aromatic heterocycles. The fourth-order valence-electron chi connectivity index (χ4n) is 3.06. The summed E-state index contributed by atoms with van der Waals surface area (Å²) >= 11 is 3.54. The summed E-state index contributed by atoms with van der Waals surface area (Å²) in [4.78, 5) is 24.0. The number of nitrogens with one attached hydrogen (secondary N) is 2. The van der Waals surface area contributed by atoms with Gasteiger partial charge in [-0.3, -0.25) is 14.3 Å². The van der Waals surface area contributed by atoms with E-state index in [-0.39, 0.29) is 12.5 Å². The van der Waals surface area contributed by atoms with Crippen molar-refractivity contribution in [2.24, 2.45) is 5.10 Å². The van der Waals surface area contributed by atoms with E-state index in [1.807, 2.05) is 42.8 Å². The van der Waals surface area contributed by atoms with Gasteiger partial charge in [0.1, 0.15) is 5.75 Å². The Hall–Kier alpha value is -3.46. The van der Waals surface area contributed by atoms with Crippen molar-refractivity contribution in [1.29, 1.82) is 0 Å². The minimum atomic E-state index is -0.424. The molecular formula is C23H24BrN5O3. The third kappa shape index (κ3) is 5.82. The Morgan fingerprint density at radius 3 is 2.59 bits per heavy atom. The van der Waals surface area contributed by atoms with E-state index in [1.54, 1.807) is 31.4 Å². The number of nitrogens with zero attached hydrogens (tertiary/aromatic N) is 3. The molecule has 9 heteroatoms. The Morgan fingerprint density at radius 1 is 1.19 bits per heavy atom. The monoisotopic (exact) mass is 497 g/mol. The van der Waals surface area contributed by atoms with Crippen LogP contribution in [0, 0.1) is 13.8 Å². The molecule has 3 rings (SSSR count). The number of benzene rings is 2. The molecule has 32 heavy (non-hydrogen) atoms. The summed E-state index contributed by atoms with van der Waals surface area (Å²) in [5.74, 6) is -0.00874. The van der Waals surface area contributed by atoms with Gasteiger partial charge in [0, 0.05) is 11.1 Å². The van der Waals surface area contributed by atoms with Gasteiger partial charge in [-0.1, -0.05) is 18.2 Å². The second kappa shape index (κ2) is 10.7. The Kier molecular flexibility index (Phi) is 7.77. The summed E-state index contributed by atoms with van der Waals surface area (Å²) < 4.78 is 8.36. The van der Waals surface area contributed by atoms with Crippen LogP contribution in [0.3, 0.4) is 0 Å². The summed E-state index contributed by atoms with van der Waals surface area (Å²) in [5, 5.41) is 11.1. The molecule has 0 spiro atoms. The highest BCUT2D eigenvalue weighted by atomic mass is 79.9. The molecule has 0 saturated heterocycles. The summed E-state index contributed by atoms with van der Waals surface area (Å²) in [6.45, 7) is 4.29. The van der Waals surface area contributed by atoms with Crippen LogP contribution >= 0.6 is 15.9 Å². The number of hydrogen-bond donors (Lipinski definition) is 2. The van der Waals surface area contributed by atoms with Crippen molar-refractivity contribution in [2.75, 3.05) is 13.7 Å². The molecule has 2 aromatic carbocycles. The van der Waals surface area contributed by atoms with Crippen LogP contribution in [-0.2, 0) is 11.3 Å². The third-order valence-corrected chi connectivity index (χ3v) is 5.91. The van der Waals surface area contributed by atoms with Crippen LogP contribution in [0.4, 0.5) is 0 Å². The molecule has 2 N–H and O–H groups in total. The zero-order valence-electron chi connectivity index (χ0n) is 18.1. The fourth-order valence-corrected chi connectivity index (χ4v) is 3.35. The van der Waals surface area contributed by atoms with Gasteiger partial charge in [-0.25, -0.2) is 5.43 Å². The van der Waals surface area contributed by atoms with Crippen molar-refractivity contribution in [3.8, 4) is 5.75 Å². The van der Waals surface area contributed by atoms with Crippen LogP contribution in [0.5, 0.6) is 5.75 Å². The molecular weight excluding hydrogens is 474 g/mol. The number of amides is 2. The summed E-state index contributed by atoms with van der Waals surface area (Å²) in [5.41, 5.74) is 6.56. The first-order chi connectivity index (χ1) is 15.4. The standard InChI is InChI=1S/C23H24BrN5O3/c1-15-22(24)16(2)29(28-15)14-19-11-17(9-10-20(19)32-3)12-26-27-21(30)13-25-23(31)18-7-5-4-6-8-18/h4-12H,13-14H2,1-3H3,(H,25,31)(H,27,30)/b26-12+. The quantitative estimate of drug-likeness (QED) is 0.368. The highest BCUT2D eigenvalue weighted by molar-refractivity contribution is 9.10. The third-order valence-electron chi connectivity index (χ3n) is 4.77. The first-order valence-electron chi connectivity index (χ1n) is 9.90. The van der Waals surface area contributed by atoms with Gasteiger partial charge in [0.15, 0.2) is 0 Å². The maximum atomic E-state index is 12.0. The van der Waals surface area contributed by atoms with E-state index < -0.39 is 5.91 Å². The van der Waals surface area contributed by atoms with Crippen LogP contribution < -0.4 is 15.5 Å². The number of hydrogen-bond acceptors (Lipinski definition) is 5. The van der Waals surface area contributed by atoms with E-state index in [0.717, 1.165) is 32.7 Å². The maximum Gasteiger partial charge on any atom is 0.259 e. The highest BCUT2D eigenvalue weighted by Crippen LogP contribution is 2.24. The van der Waals surface area contributed by atoms with Crippen LogP contribution in [0.1, 0.15) is 32.9 Å². The molecule has 0 aliphatic carbocycles. The molecule has 0 aliphatic heterocycles. The van der Waals surface area contributed by atoms with Crippen molar-refractivity contribution in [3.63, 3.8) is 0 Å². The molecule has 1 heterocycles. The van der Waals surface area contributed by atoms with E-state index in [1.165, 1.54) is 6.21 Å². The van der Waals surface area contributed by atoms with Gasteiger partial charge in [-0.05, 0) is 65.7 Å². The van der Waals surface area contributed by atoms with Gasteiger partial charge < -0.3 is 10.1 Å². The van der Waals surface area contributed by atoms with Crippen molar-refractivity contribution in [2.45, 2.75) is 20.4 Å². The topological polar surface area (TPSA) is 97.6 Å². The Balaban J connectivity index is 1.60. The Morgan fingerprint density at radius 2 is 1.94 bits per heavy atom. The first-order valence-corrected chi connectivity index (χ1v) is 10.7. The first kappa shape index (κ1) is 23.2. The summed E-state index contributed by atoms with van der Waals surface area (Å²) in [7, 11) is 1.62. The van der Waals surface area contributed by atoms with Gasteiger partial charge in [0.05, 0.1) is 42.3 Å². The molecule has 0 unspecified atom stereocenters. The number of ether oxygens (including phenoxy) is 1. The van der Waals surface area contributed by atoms with E-state index in [0.29, 0.717) is 12.1 Å². The van der Waals surface area contributed by atoms with E-state index in [4.69, 9.17) is 4.74 Å². The number of carbonyl (C=O) groups is 2. The zero-order valence-corrected chi connectivity index (χ0v) is 19.6. The lowest BCUT2D eigenvalue weighted by atomic mass is 10.1. The average molecular weight is 498 g/mol. The molecule has 0 radical (unpaired) electrons. The van der Waals surface area contributed by atoms with Crippen LogP contribution in [0.25, 0.3) is 0 Å². The summed E-state index contributed by atoms with van der Waals surface area (Å²) in [6, 6.07) is 14.3. The number of carbonyl (C=O) groups excluding carboxylic acids is 2. The van der Waals surface area contributed by atoms with Crippen molar-refractivity contribution in [1.82, 2.24) is 20.5 Å². The average Bonchev–Trinajstić information content (AvgIpc) is 3.04. The zero-order chi connectivity index (χ0) is 23.1. The molecule has 0 atom stereocenters. The van der Waals surface area contributed by atoms with Crippen LogP contribution in [0.15, 0.2) is 58.1 Å². The molecule has 0 saturated carbocycles. The number of aromatic nitrogens is 2. The van der Waals surface area contributed by atoms with Crippen molar-refractivity contribution in [3.05, 3.63) is 81.1 Å². The minimum absolute atomic E-state index is 0.175. The molecule has 3 aromatic rings. The van der Waals surface area contributed by atoms with Gasteiger partial charge in [-0.2, -0.15) is 10.2 Å². The normalized spacial score (nSPS) is 10.9. The predicted molar refractivity (Wildman–Crippen MR) is 126 cm³/mol. The van der Waals surface area contributed by atoms with Crippen LogP contribution in [0.2, 0.25) is 0 Å². The second-order valence-electron chi connectivity index (χ2n) is 7.06. The lowest BCUT2D eigenvalue weighted by Crippen LogP contribution is -2.34. The largest absolute Gasteiger partial charge is 0.496 e. The molecule has 2 amide bonds. The number of halogens is 1. The Bertz CT molecular complexity index is 1140. The van der Waals surface area contributed by atoms with E-state index in [9.17, 15) is 9.59 Å². The van der Waals surface area contributed by atoms with E-state index >= 15 is 0 Å². The van der Waals surface area contributed by atoms with E-state index in [2.05, 4.69) is 36.9 Å². The SMILES string of the molecule is COc1ccc(/C=N/NC(=O)CNC(=O)c2ccccc2)cc1Cn1nc(C)c(Br)c1C. The van der Waals surface area contributed by atoms with Crippen molar-refractivity contribution >= 4 is 34.0 Å². The second-order valence-corrected chi connectivity index (χ2v) is 7.85. The lowest BCUT2D eigenvalue weighted by Gasteiger charge is -2.11. The lowest BCUT2D eigenvalue weighted by molar-refractivity contribution is -0.120. The fraction of sp³-hybridized carbons (Fsp3) is 0.217. The summed E-state index contributed by atoms with van der Waals surface area (Å²) in [6.07, 6.45) is 1.54. The maximum absolute atomic E-state index is 12.0. The molecule has 0 fully saturated rings. The molecule has 0 aliphatic rings. The molecule has 8 nitrogen and oxygen atoms in total. The number of methoxy groups -OCH3 is 1. The number of aryl methyl sites for hydroxylation is 1. The number of rotatable bonds is 8. The minimum Gasteiger partial charge on any atom is -0.496 e. The van der Waals surface area contributed by atoms with Gasteiger partial charge in [0.2, 0.25) is 0 Å². The highest BCUT2D eigenvalue weighted by Gasteiger charge is 2.12. The predicted octanol–water partition coefficient (Wildman–Crippen LogP) is 3.20. The van der Waals surface area contributed by atoms with Crippen molar-refractivity contribution < 1.29 is 14.3 Å².